The van der Waals surface area contributed by atoms with Crippen LogP contribution >= 0.6 is 11.6 Å². The van der Waals surface area contributed by atoms with Crippen LogP contribution in [0.15, 0.2) is 18.2 Å². The summed E-state index contributed by atoms with van der Waals surface area (Å²) in [7, 11) is 0. The van der Waals surface area contributed by atoms with Crippen molar-refractivity contribution in [3.63, 3.8) is 0 Å². The number of halogens is 2. The van der Waals surface area contributed by atoms with Crippen LogP contribution in [0, 0.1) is 11.7 Å². The molecule has 2 nitrogen and oxygen atoms in total. The van der Waals surface area contributed by atoms with Crippen molar-refractivity contribution in [1.82, 2.24) is 0 Å². The van der Waals surface area contributed by atoms with E-state index in [1.807, 2.05) is 6.07 Å². The van der Waals surface area contributed by atoms with Crippen molar-refractivity contribution in [2.75, 3.05) is 13.2 Å². The van der Waals surface area contributed by atoms with Crippen LogP contribution in [0.2, 0.25) is 5.02 Å². The third-order valence-electron chi connectivity index (χ3n) is 4.17. The van der Waals surface area contributed by atoms with E-state index in [0.29, 0.717) is 25.2 Å². The topological polar surface area (TPSA) is 35.2 Å². The number of nitrogens with two attached hydrogens (primary N) is 1. The second kappa shape index (κ2) is 3.94. The van der Waals surface area contributed by atoms with Gasteiger partial charge in [-0.05, 0) is 36.5 Å². The van der Waals surface area contributed by atoms with E-state index < -0.39 is 0 Å². The molecule has 17 heavy (non-hydrogen) atoms. The van der Waals surface area contributed by atoms with E-state index in [-0.39, 0.29) is 16.3 Å². The smallest absolute Gasteiger partial charge is 0.141 e. The summed E-state index contributed by atoms with van der Waals surface area (Å²) in [4.78, 5) is 0. The van der Waals surface area contributed by atoms with Crippen molar-refractivity contribution in [3.8, 4) is 0 Å². The van der Waals surface area contributed by atoms with Gasteiger partial charge in [0.05, 0.1) is 18.2 Å². The van der Waals surface area contributed by atoms with Crippen LogP contribution in [0.1, 0.15) is 18.4 Å². The minimum Gasteiger partial charge on any atom is -0.379 e. The molecule has 3 rings (SSSR count). The van der Waals surface area contributed by atoms with E-state index in [1.54, 1.807) is 6.07 Å². The molecule has 0 radical (unpaired) electrons. The fraction of sp³-hybridized carbons (Fsp3) is 0.538. The third kappa shape index (κ3) is 1.68. The number of ether oxygens (including phenoxy) is 1. The first-order valence-electron chi connectivity index (χ1n) is 5.91. The number of hydrogen-bond acceptors (Lipinski definition) is 2. The van der Waals surface area contributed by atoms with E-state index in [1.165, 1.54) is 6.07 Å². The molecule has 1 saturated carbocycles. The monoisotopic (exact) mass is 255 g/mol. The molecule has 92 valence electrons. The van der Waals surface area contributed by atoms with Crippen LogP contribution in [-0.4, -0.2) is 19.3 Å². The average molecular weight is 256 g/mol. The molecule has 2 N–H and O–H groups in total. The normalized spacial score (nSPS) is 30.5. The molecular weight excluding hydrogens is 241 g/mol. The third-order valence-corrected chi connectivity index (χ3v) is 4.46. The maximum atomic E-state index is 13.2. The molecule has 0 amide bonds. The molecule has 1 heterocycles. The van der Waals surface area contributed by atoms with Gasteiger partial charge in [0.1, 0.15) is 5.82 Å². The van der Waals surface area contributed by atoms with Gasteiger partial charge in [-0.2, -0.15) is 0 Å². The van der Waals surface area contributed by atoms with Crippen LogP contribution < -0.4 is 5.73 Å². The van der Waals surface area contributed by atoms with E-state index in [4.69, 9.17) is 22.1 Å². The predicted octanol–water partition coefficient (Wildman–Crippen LogP) is 2.48. The van der Waals surface area contributed by atoms with Crippen molar-refractivity contribution in [3.05, 3.63) is 34.6 Å². The van der Waals surface area contributed by atoms with Crippen LogP contribution in [0.5, 0.6) is 0 Å². The van der Waals surface area contributed by atoms with E-state index in [2.05, 4.69) is 0 Å². The van der Waals surface area contributed by atoms with Crippen molar-refractivity contribution in [2.24, 2.45) is 11.7 Å². The second-order valence-corrected chi connectivity index (χ2v) is 5.61. The van der Waals surface area contributed by atoms with Gasteiger partial charge in [0.2, 0.25) is 0 Å². The van der Waals surface area contributed by atoms with Gasteiger partial charge in [0.25, 0.3) is 0 Å². The number of hydrogen-bond donors (Lipinski definition) is 1. The molecule has 2 aliphatic rings. The Labute approximate surface area is 105 Å². The number of benzene rings is 1. The first-order chi connectivity index (χ1) is 8.12. The molecule has 0 unspecified atom stereocenters. The molecule has 1 aromatic rings. The SMILES string of the molecule is NC1CC(C2(c3ccc(F)c(Cl)c3)COC2)C1. The molecule has 4 heteroatoms. The fourth-order valence-corrected chi connectivity index (χ4v) is 3.06. The largest absolute Gasteiger partial charge is 0.379 e. The molecule has 0 atom stereocenters. The molecule has 1 saturated heterocycles. The van der Waals surface area contributed by atoms with Crippen LogP contribution in [0.4, 0.5) is 4.39 Å². The summed E-state index contributed by atoms with van der Waals surface area (Å²) in [5.41, 5.74) is 6.96. The lowest BCUT2D eigenvalue weighted by Gasteiger charge is -2.53. The van der Waals surface area contributed by atoms with Crippen LogP contribution in [-0.2, 0) is 10.2 Å². The zero-order valence-electron chi connectivity index (χ0n) is 9.46. The summed E-state index contributed by atoms with van der Waals surface area (Å²) in [5.74, 6) is 0.184. The maximum Gasteiger partial charge on any atom is 0.141 e. The summed E-state index contributed by atoms with van der Waals surface area (Å²) < 4.78 is 18.6. The predicted molar refractivity (Wildman–Crippen MR) is 64.6 cm³/mol. The second-order valence-electron chi connectivity index (χ2n) is 5.21. The lowest BCUT2D eigenvalue weighted by molar-refractivity contribution is -0.111. The highest BCUT2D eigenvalue weighted by Gasteiger charge is 2.51. The Morgan fingerprint density at radius 2 is 2.06 bits per heavy atom. The first kappa shape index (κ1) is 11.5. The first-order valence-corrected chi connectivity index (χ1v) is 6.28. The molecule has 1 aliphatic heterocycles. The van der Waals surface area contributed by atoms with Gasteiger partial charge in [0.15, 0.2) is 0 Å². The van der Waals surface area contributed by atoms with Gasteiger partial charge in [-0.3, -0.25) is 0 Å². The maximum absolute atomic E-state index is 13.2. The summed E-state index contributed by atoms with van der Waals surface area (Å²) in [6, 6.07) is 5.32. The Bertz CT molecular complexity index is 441. The molecule has 2 fully saturated rings. The van der Waals surface area contributed by atoms with Crippen molar-refractivity contribution < 1.29 is 9.13 Å². The van der Waals surface area contributed by atoms with E-state index in [0.717, 1.165) is 18.4 Å². The highest BCUT2D eigenvalue weighted by Crippen LogP contribution is 2.48. The van der Waals surface area contributed by atoms with E-state index in [9.17, 15) is 4.39 Å². The minimum absolute atomic E-state index is 0.0210. The molecule has 0 spiro atoms. The zero-order valence-corrected chi connectivity index (χ0v) is 10.2. The van der Waals surface area contributed by atoms with Gasteiger partial charge < -0.3 is 10.5 Å². The van der Waals surface area contributed by atoms with E-state index >= 15 is 0 Å². The highest BCUT2D eigenvalue weighted by atomic mass is 35.5. The van der Waals surface area contributed by atoms with Crippen molar-refractivity contribution in [2.45, 2.75) is 24.3 Å². The van der Waals surface area contributed by atoms with Crippen molar-refractivity contribution in [1.29, 1.82) is 0 Å². The average Bonchev–Trinajstić information content (AvgIpc) is 2.19. The summed E-state index contributed by atoms with van der Waals surface area (Å²) >= 11 is 5.85. The molecule has 1 aromatic carbocycles. The number of rotatable bonds is 2. The summed E-state index contributed by atoms with van der Waals surface area (Å²) in [6.07, 6.45) is 2.05. The standard InChI is InChI=1S/C13H15ClFNO/c14-11-5-8(1-2-12(11)15)13(6-17-7-13)9-3-10(16)4-9/h1-2,5,9-10H,3-4,6-7,16H2. The zero-order chi connectivity index (χ0) is 12.0. The van der Waals surface area contributed by atoms with Gasteiger partial charge in [0, 0.05) is 11.5 Å². The Morgan fingerprint density at radius 3 is 2.53 bits per heavy atom. The molecular formula is C13H15ClFNO. The molecule has 0 bridgehead atoms. The van der Waals surface area contributed by atoms with Gasteiger partial charge in [-0.25, -0.2) is 4.39 Å². The quantitative estimate of drug-likeness (QED) is 0.881. The summed E-state index contributed by atoms with van der Waals surface area (Å²) in [6.45, 7) is 1.40. The van der Waals surface area contributed by atoms with Crippen molar-refractivity contribution >= 4 is 11.6 Å². The molecule has 1 aliphatic carbocycles. The Balaban J connectivity index is 1.91. The highest BCUT2D eigenvalue weighted by molar-refractivity contribution is 6.30. The lowest BCUT2D eigenvalue weighted by atomic mass is 9.59. The van der Waals surface area contributed by atoms with Gasteiger partial charge in [-0.15, -0.1) is 0 Å². The Hall–Kier alpha value is -0.640. The summed E-state index contributed by atoms with van der Waals surface area (Å²) in [5, 5.41) is 0.192. The Kier molecular flexibility index (Phi) is 2.65. The van der Waals surface area contributed by atoms with Gasteiger partial charge in [-0.1, -0.05) is 17.7 Å². The molecule has 0 aromatic heterocycles. The minimum atomic E-state index is -0.365. The van der Waals surface area contributed by atoms with Gasteiger partial charge >= 0.3 is 0 Å². The Morgan fingerprint density at radius 1 is 1.35 bits per heavy atom. The fourth-order valence-electron chi connectivity index (χ4n) is 2.88. The van der Waals surface area contributed by atoms with Crippen LogP contribution in [0.25, 0.3) is 0 Å². The van der Waals surface area contributed by atoms with Crippen LogP contribution in [0.3, 0.4) is 0 Å². The lowest BCUT2D eigenvalue weighted by Crippen LogP contribution is -2.58.